The fourth-order valence-electron chi connectivity index (χ4n) is 1.01. The van der Waals surface area contributed by atoms with Gasteiger partial charge in [0.2, 0.25) is 0 Å². The molecule has 0 saturated carbocycles. The van der Waals surface area contributed by atoms with Crippen molar-refractivity contribution in [2.24, 2.45) is 0 Å². The van der Waals surface area contributed by atoms with Gasteiger partial charge in [-0.25, -0.2) is 8.42 Å². The zero-order valence-electron chi connectivity index (χ0n) is 8.53. The van der Waals surface area contributed by atoms with Gasteiger partial charge in [0, 0.05) is 11.9 Å². The van der Waals surface area contributed by atoms with E-state index in [9.17, 15) is 21.6 Å². The molecular formula is C8H11F3N2O2S. The summed E-state index contributed by atoms with van der Waals surface area (Å²) in [5.74, 6) is -0.233. The van der Waals surface area contributed by atoms with Gasteiger partial charge < -0.3 is 0 Å². The van der Waals surface area contributed by atoms with Crippen LogP contribution in [0.1, 0.15) is 12.6 Å². The molecule has 1 rings (SSSR count). The smallest absolute Gasteiger partial charge is 0.271 e. The van der Waals surface area contributed by atoms with E-state index >= 15 is 0 Å². The molecule has 0 aliphatic rings. The molecule has 0 bridgehead atoms. The van der Waals surface area contributed by atoms with Crippen LogP contribution in [0.5, 0.6) is 0 Å². The molecule has 0 unspecified atom stereocenters. The Bertz CT molecular complexity index is 450. The van der Waals surface area contributed by atoms with Crippen LogP contribution < -0.4 is 0 Å². The Morgan fingerprint density at radius 3 is 2.50 bits per heavy atom. The number of hydrogen-bond donors (Lipinski definition) is 0. The van der Waals surface area contributed by atoms with E-state index in [1.165, 1.54) is 6.92 Å². The van der Waals surface area contributed by atoms with Crippen LogP contribution in [0.3, 0.4) is 0 Å². The maximum absolute atomic E-state index is 12.1. The van der Waals surface area contributed by atoms with Crippen LogP contribution in [-0.4, -0.2) is 29.7 Å². The lowest BCUT2D eigenvalue weighted by atomic mass is 10.4. The highest BCUT2D eigenvalue weighted by atomic mass is 32.2. The quantitative estimate of drug-likeness (QED) is 0.816. The first-order valence-corrected chi connectivity index (χ1v) is 6.38. The molecule has 0 amide bonds. The van der Waals surface area contributed by atoms with E-state index in [1.807, 2.05) is 0 Å². The minimum Gasteiger partial charge on any atom is -0.271 e. The van der Waals surface area contributed by atoms with E-state index in [0.29, 0.717) is 0 Å². The lowest BCUT2D eigenvalue weighted by molar-refractivity contribution is -0.141. The summed E-state index contributed by atoms with van der Waals surface area (Å²) < 4.78 is 59.7. The van der Waals surface area contributed by atoms with Crippen molar-refractivity contribution in [2.75, 3.05) is 11.5 Å². The molecular weight excluding hydrogens is 245 g/mol. The molecule has 1 heterocycles. The molecule has 0 saturated heterocycles. The number of alkyl halides is 3. The van der Waals surface area contributed by atoms with E-state index < -0.39 is 21.7 Å². The van der Waals surface area contributed by atoms with Crippen molar-refractivity contribution in [3.8, 4) is 0 Å². The number of rotatable bonds is 4. The fourth-order valence-corrected chi connectivity index (χ4v) is 1.77. The second-order valence-electron chi connectivity index (χ2n) is 3.20. The van der Waals surface area contributed by atoms with Crippen molar-refractivity contribution in [1.29, 1.82) is 0 Å². The third kappa shape index (κ3) is 3.51. The minimum atomic E-state index is -4.49. The summed E-state index contributed by atoms with van der Waals surface area (Å²) >= 11 is 0. The second kappa shape index (κ2) is 4.44. The standard InChI is InChI=1S/C8H11F3N2O2S/c1-2-16(14,15)6-5-13-4-3-7(12-13)8(9,10)11/h3-4H,2,5-6H2,1H3. The van der Waals surface area contributed by atoms with Crippen molar-refractivity contribution in [3.63, 3.8) is 0 Å². The molecule has 0 N–H and O–H groups in total. The molecule has 1 aromatic rings. The summed E-state index contributed by atoms with van der Waals surface area (Å²) in [7, 11) is -3.19. The first kappa shape index (κ1) is 13.0. The SMILES string of the molecule is CCS(=O)(=O)CCn1ccc(C(F)(F)F)n1. The van der Waals surface area contributed by atoms with E-state index in [0.717, 1.165) is 16.9 Å². The first-order chi connectivity index (χ1) is 7.24. The molecule has 0 aliphatic carbocycles. The van der Waals surface area contributed by atoms with Gasteiger partial charge >= 0.3 is 6.18 Å². The summed E-state index contributed by atoms with van der Waals surface area (Å²) in [5, 5.41) is 3.25. The Hall–Kier alpha value is -1.05. The molecule has 0 spiro atoms. The van der Waals surface area contributed by atoms with Gasteiger partial charge in [0.15, 0.2) is 15.5 Å². The van der Waals surface area contributed by atoms with Crippen LogP contribution in [0, 0.1) is 0 Å². The van der Waals surface area contributed by atoms with Gasteiger partial charge in [0.05, 0.1) is 12.3 Å². The van der Waals surface area contributed by atoms with Crippen LogP contribution >= 0.6 is 0 Å². The largest absolute Gasteiger partial charge is 0.435 e. The molecule has 92 valence electrons. The average molecular weight is 256 g/mol. The van der Waals surface area contributed by atoms with E-state index in [1.54, 1.807) is 0 Å². The molecule has 0 radical (unpaired) electrons. The van der Waals surface area contributed by atoms with Crippen molar-refractivity contribution in [1.82, 2.24) is 9.78 Å². The first-order valence-electron chi connectivity index (χ1n) is 4.55. The molecule has 16 heavy (non-hydrogen) atoms. The van der Waals surface area contributed by atoms with E-state index in [2.05, 4.69) is 5.10 Å². The Morgan fingerprint density at radius 2 is 2.06 bits per heavy atom. The number of sulfone groups is 1. The highest BCUT2D eigenvalue weighted by Gasteiger charge is 2.33. The lowest BCUT2D eigenvalue weighted by Crippen LogP contribution is -2.15. The monoisotopic (exact) mass is 256 g/mol. The van der Waals surface area contributed by atoms with Crippen molar-refractivity contribution < 1.29 is 21.6 Å². The van der Waals surface area contributed by atoms with Crippen LogP contribution in [0.25, 0.3) is 0 Å². The van der Waals surface area contributed by atoms with Crippen molar-refractivity contribution in [3.05, 3.63) is 18.0 Å². The van der Waals surface area contributed by atoms with Gasteiger partial charge in [-0.3, -0.25) is 4.68 Å². The predicted octanol–water partition coefficient (Wildman–Crippen LogP) is 1.34. The van der Waals surface area contributed by atoms with E-state index in [4.69, 9.17) is 0 Å². The van der Waals surface area contributed by atoms with Crippen LogP contribution in [0.15, 0.2) is 12.3 Å². The zero-order valence-corrected chi connectivity index (χ0v) is 9.35. The van der Waals surface area contributed by atoms with E-state index in [-0.39, 0.29) is 18.1 Å². The fraction of sp³-hybridized carbons (Fsp3) is 0.625. The molecule has 0 aromatic carbocycles. The highest BCUT2D eigenvalue weighted by Crippen LogP contribution is 2.27. The predicted molar refractivity (Wildman–Crippen MR) is 51.6 cm³/mol. The minimum absolute atomic E-state index is 0.0274. The number of hydrogen-bond acceptors (Lipinski definition) is 3. The Kier molecular flexibility index (Phi) is 3.61. The number of aromatic nitrogens is 2. The van der Waals surface area contributed by atoms with Gasteiger partial charge in [-0.05, 0) is 6.07 Å². The van der Waals surface area contributed by atoms with Gasteiger partial charge in [0.1, 0.15) is 0 Å². The van der Waals surface area contributed by atoms with Gasteiger partial charge in [-0.15, -0.1) is 0 Å². The Morgan fingerprint density at radius 1 is 1.44 bits per heavy atom. The molecule has 1 aromatic heterocycles. The summed E-state index contributed by atoms with van der Waals surface area (Å²) in [6, 6.07) is 0.818. The molecule has 0 aliphatic heterocycles. The molecule has 4 nitrogen and oxygen atoms in total. The molecule has 0 atom stereocenters. The van der Waals surface area contributed by atoms with Gasteiger partial charge in [-0.1, -0.05) is 6.92 Å². The lowest BCUT2D eigenvalue weighted by Gasteiger charge is -2.03. The third-order valence-corrected chi connectivity index (χ3v) is 3.69. The zero-order chi connectivity index (χ0) is 12.4. The number of halogens is 3. The third-order valence-electron chi connectivity index (χ3n) is 2.00. The molecule has 8 heteroatoms. The van der Waals surface area contributed by atoms with Crippen LogP contribution in [-0.2, 0) is 22.6 Å². The normalized spacial score (nSPS) is 13.0. The number of aryl methyl sites for hydroxylation is 1. The van der Waals surface area contributed by atoms with Gasteiger partial charge in [-0.2, -0.15) is 18.3 Å². The summed E-state index contributed by atoms with van der Waals surface area (Å²) in [5.41, 5.74) is -1.01. The van der Waals surface area contributed by atoms with Gasteiger partial charge in [0.25, 0.3) is 0 Å². The summed E-state index contributed by atoms with van der Waals surface area (Å²) in [6.45, 7) is 1.42. The van der Waals surface area contributed by atoms with Crippen LogP contribution in [0.4, 0.5) is 13.2 Å². The second-order valence-corrected chi connectivity index (χ2v) is 5.67. The maximum atomic E-state index is 12.1. The Labute approximate surface area is 91.0 Å². The van der Waals surface area contributed by atoms with Crippen LogP contribution in [0.2, 0.25) is 0 Å². The van der Waals surface area contributed by atoms with Crippen molar-refractivity contribution in [2.45, 2.75) is 19.6 Å². The maximum Gasteiger partial charge on any atom is 0.435 e. The average Bonchev–Trinajstić information content (AvgIpc) is 2.63. The topological polar surface area (TPSA) is 52.0 Å². The Balaban J connectivity index is 2.67. The van der Waals surface area contributed by atoms with Crippen molar-refractivity contribution >= 4 is 9.84 Å². The summed E-state index contributed by atoms with van der Waals surface area (Å²) in [4.78, 5) is 0. The molecule has 0 fully saturated rings. The summed E-state index contributed by atoms with van der Waals surface area (Å²) in [6.07, 6.45) is -3.37. The number of nitrogens with zero attached hydrogens (tertiary/aromatic N) is 2. The highest BCUT2D eigenvalue weighted by molar-refractivity contribution is 7.91.